The Balaban J connectivity index is 2.09. The maximum absolute atomic E-state index is 12.2. The Morgan fingerprint density at radius 2 is 2.06 bits per heavy atom. The van der Waals surface area contributed by atoms with Crippen molar-refractivity contribution < 1.29 is 4.79 Å². The minimum Gasteiger partial charge on any atom is -0.336 e. The molecular formula is C13H13IN2OS. The summed E-state index contributed by atoms with van der Waals surface area (Å²) in [5.74, 6) is 0.0409. The molecule has 0 aliphatic carbocycles. The van der Waals surface area contributed by atoms with Crippen LogP contribution in [-0.2, 0) is 6.54 Å². The summed E-state index contributed by atoms with van der Waals surface area (Å²) in [5.41, 5.74) is 3.54. The minimum absolute atomic E-state index is 0.0409. The Labute approximate surface area is 124 Å². The molecule has 1 aromatic carbocycles. The number of hydrogen-bond donors (Lipinski definition) is 0. The molecule has 0 radical (unpaired) electrons. The summed E-state index contributed by atoms with van der Waals surface area (Å²) in [6, 6.07) is 7.61. The fourth-order valence-corrected chi connectivity index (χ4v) is 2.77. The van der Waals surface area contributed by atoms with Gasteiger partial charge in [-0.25, -0.2) is 4.98 Å². The molecule has 0 aliphatic rings. The third-order valence-corrected chi connectivity index (χ3v) is 4.30. The van der Waals surface area contributed by atoms with Crippen LogP contribution in [0.3, 0.4) is 0 Å². The molecule has 2 aromatic rings. The molecular weight excluding hydrogens is 359 g/mol. The second kappa shape index (κ2) is 5.79. The van der Waals surface area contributed by atoms with E-state index >= 15 is 0 Å². The number of aromatic nitrogens is 1. The van der Waals surface area contributed by atoms with E-state index in [1.165, 1.54) is 0 Å². The van der Waals surface area contributed by atoms with Gasteiger partial charge in [0.2, 0.25) is 0 Å². The van der Waals surface area contributed by atoms with E-state index in [-0.39, 0.29) is 5.91 Å². The van der Waals surface area contributed by atoms with Crippen LogP contribution in [0.2, 0.25) is 0 Å². The molecule has 0 atom stereocenters. The second-order valence-corrected chi connectivity index (χ2v) is 6.21. The van der Waals surface area contributed by atoms with Crippen LogP contribution in [0.5, 0.6) is 0 Å². The summed E-state index contributed by atoms with van der Waals surface area (Å²) < 4.78 is 1.13. The lowest BCUT2D eigenvalue weighted by atomic mass is 10.2. The predicted molar refractivity (Wildman–Crippen MR) is 81.8 cm³/mol. The molecule has 0 bridgehead atoms. The molecule has 0 unspecified atom stereocenters. The van der Waals surface area contributed by atoms with E-state index in [4.69, 9.17) is 0 Å². The van der Waals surface area contributed by atoms with Gasteiger partial charge in [0.05, 0.1) is 17.7 Å². The Bertz CT molecular complexity index is 550. The van der Waals surface area contributed by atoms with Crippen molar-refractivity contribution in [3.05, 3.63) is 49.5 Å². The number of carbonyl (C=O) groups excluding carboxylic acids is 1. The number of aryl methyl sites for hydroxylation is 1. The van der Waals surface area contributed by atoms with Crippen LogP contribution in [0.1, 0.15) is 20.9 Å². The first-order valence-corrected chi connectivity index (χ1v) is 7.44. The smallest absolute Gasteiger partial charge is 0.253 e. The van der Waals surface area contributed by atoms with Gasteiger partial charge in [-0.2, -0.15) is 0 Å². The number of nitrogens with zero attached hydrogens (tertiary/aromatic N) is 2. The summed E-state index contributed by atoms with van der Waals surface area (Å²) in [6.45, 7) is 2.58. The van der Waals surface area contributed by atoms with Crippen LogP contribution in [0.4, 0.5) is 0 Å². The summed E-state index contributed by atoms with van der Waals surface area (Å²) in [4.78, 5) is 19.3. The third-order valence-electron chi connectivity index (χ3n) is 2.66. The molecule has 2 rings (SSSR count). The molecule has 0 aliphatic heterocycles. The highest BCUT2D eigenvalue weighted by atomic mass is 127. The van der Waals surface area contributed by atoms with Gasteiger partial charge in [0.25, 0.3) is 5.91 Å². The van der Waals surface area contributed by atoms with Crippen LogP contribution < -0.4 is 0 Å². The molecule has 0 spiro atoms. The standard InChI is InChI=1S/C13H13IN2OS/c1-9-12(18-8-15-9)7-16(2)13(17)10-3-5-11(14)6-4-10/h3-6,8H,7H2,1-2H3. The Kier molecular flexibility index (Phi) is 4.34. The van der Waals surface area contributed by atoms with E-state index in [2.05, 4.69) is 27.6 Å². The summed E-state index contributed by atoms with van der Waals surface area (Å²) in [6.07, 6.45) is 0. The van der Waals surface area contributed by atoms with Crippen molar-refractivity contribution >= 4 is 39.8 Å². The molecule has 1 heterocycles. The van der Waals surface area contributed by atoms with Gasteiger partial charge >= 0.3 is 0 Å². The van der Waals surface area contributed by atoms with Gasteiger partial charge in [-0.1, -0.05) is 0 Å². The quantitative estimate of drug-likeness (QED) is 0.775. The zero-order valence-electron chi connectivity index (χ0n) is 10.2. The summed E-state index contributed by atoms with van der Waals surface area (Å²) in [5, 5.41) is 0. The van der Waals surface area contributed by atoms with Crippen LogP contribution in [0.15, 0.2) is 29.8 Å². The fraction of sp³-hybridized carbons (Fsp3) is 0.231. The molecule has 1 amide bonds. The van der Waals surface area contributed by atoms with Crippen molar-refractivity contribution in [3.63, 3.8) is 0 Å². The van der Waals surface area contributed by atoms with Gasteiger partial charge in [0.15, 0.2) is 0 Å². The minimum atomic E-state index is 0.0409. The monoisotopic (exact) mass is 372 g/mol. The molecule has 94 valence electrons. The average Bonchev–Trinajstić information content (AvgIpc) is 2.75. The molecule has 18 heavy (non-hydrogen) atoms. The maximum atomic E-state index is 12.2. The van der Waals surface area contributed by atoms with Gasteiger partial charge in [0, 0.05) is 21.1 Å². The van der Waals surface area contributed by atoms with E-state index in [0.717, 1.165) is 19.7 Å². The maximum Gasteiger partial charge on any atom is 0.253 e. The van der Waals surface area contributed by atoms with E-state index in [1.807, 2.05) is 43.7 Å². The average molecular weight is 372 g/mol. The van der Waals surface area contributed by atoms with Crippen LogP contribution in [-0.4, -0.2) is 22.8 Å². The SMILES string of the molecule is Cc1ncsc1CN(C)C(=O)c1ccc(I)cc1. The zero-order chi connectivity index (χ0) is 13.1. The van der Waals surface area contributed by atoms with Crippen molar-refractivity contribution in [3.8, 4) is 0 Å². The Hall–Kier alpha value is -0.950. The molecule has 0 saturated carbocycles. The molecule has 0 N–H and O–H groups in total. The van der Waals surface area contributed by atoms with Gasteiger partial charge in [0.1, 0.15) is 0 Å². The normalized spacial score (nSPS) is 10.4. The molecule has 0 saturated heterocycles. The first-order valence-electron chi connectivity index (χ1n) is 5.48. The number of amides is 1. The van der Waals surface area contributed by atoms with E-state index < -0.39 is 0 Å². The largest absolute Gasteiger partial charge is 0.336 e. The van der Waals surface area contributed by atoms with Gasteiger partial charge in [-0.05, 0) is 53.8 Å². The van der Waals surface area contributed by atoms with Gasteiger partial charge < -0.3 is 4.90 Å². The number of carbonyl (C=O) groups is 1. The van der Waals surface area contributed by atoms with Crippen molar-refractivity contribution in [2.45, 2.75) is 13.5 Å². The Morgan fingerprint density at radius 3 is 2.61 bits per heavy atom. The number of halogens is 1. The highest BCUT2D eigenvalue weighted by Gasteiger charge is 2.13. The first-order chi connectivity index (χ1) is 8.58. The topological polar surface area (TPSA) is 33.2 Å². The fourth-order valence-electron chi connectivity index (χ4n) is 1.58. The predicted octanol–water partition coefficient (Wildman–Crippen LogP) is 3.33. The first kappa shape index (κ1) is 13.5. The molecule has 1 aromatic heterocycles. The molecule has 3 nitrogen and oxygen atoms in total. The van der Waals surface area contributed by atoms with Gasteiger partial charge in [-0.15, -0.1) is 11.3 Å². The van der Waals surface area contributed by atoms with Crippen molar-refractivity contribution in [1.29, 1.82) is 0 Å². The number of rotatable bonds is 3. The Morgan fingerprint density at radius 1 is 1.39 bits per heavy atom. The zero-order valence-corrected chi connectivity index (χ0v) is 13.2. The van der Waals surface area contributed by atoms with Crippen LogP contribution in [0.25, 0.3) is 0 Å². The van der Waals surface area contributed by atoms with Crippen molar-refractivity contribution in [2.75, 3.05) is 7.05 Å². The van der Waals surface area contributed by atoms with E-state index in [9.17, 15) is 4.79 Å². The lowest BCUT2D eigenvalue weighted by Crippen LogP contribution is -2.26. The van der Waals surface area contributed by atoms with E-state index in [0.29, 0.717) is 6.54 Å². The molecule has 0 fully saturated rings. The lowest BCUT2D eigenvalue weighted by Gasteiger charge is -2.16. The highest BCUT2D eigenvalue weighted by molar-refractivity contribution is 14.1. The third kappa shape index (κ3) is 3.08. The summed E-state index contributed by atoms with van der Waals surface area (Å²) in [7, 11) is 1.82. The van der Waals surface area contributed by atoms with Crippen molar-refractivity contribution in [1.82, 2.24) is 9.88 Å². The number of hydrogen-bond acceptors (Lipinski definition) is 3. The summed E-state index contributed by atoms with van der Waals surface area (Å²) >= 11 is 3.81. The lowest BCUT2D eigenvalue weighted by molar-refractivity contribution is 0.0786. The van der Waals surface area contributed by atoms with Crippen LogP contribution >= 0.6 is 33.9 Å². The van der Waals surface area contributed by atoms with Crippen LogP contribution in [0, 0.1) is 10.5 Å². The van der Waals surface area contributed by atoms with Crippen molar-refractivity contribution in [2.24, 2.45) is 0 Å². The number of thiazole rings is 1. The highest BCUT2D eigenvalue weighted by Crippen LogP contribution is 2.16. The second-order valence-electron chi connectivity index (χ2n) is 4.03. The van der Waals surface area contributed by atoms with E-state index in [1.54, 1.807) is 16.2 Å². The van der Waals surface area contributed by atoms with Gasteiger partial charge in [-0.3, -0.25) is 4.79 Å². The molecule has 5 heteroatoms. The number of benzene rings is 1.